The van der Waals surface area contributed by atoms with E-state index in [4.69, 9.17) is 35.5 Å². The second kappa shape index (κ2) is 11.2. The van der Waals surface area contributed by atoms with E-state index in [-0.39, 0.29) is 6.54 Å². The molecule has 0 amide bonds. The summed E-state index contributed by atoms with van der Waals surface area (Å²) in [6.45, 7) is 5.36. The molecule has 0 saturated carbocycles. The molecule has 166 valence electrons. The molecular weight excluding hydrogens is 398 g/mol. The van der Waals surface area contributed by atoms with E-state index in [0.717, 1.165) is 0 Å². The van der Waals surface area contributed by atoms with Gasteiger partial charge in [-0.05, 0) is 34.9 Å². The highest BCUT2D eigenvalue weighted by Crippen LogP contribution is 2.36. The highest BCUT2D eigenvalue weighted by molar-refractivity contribution is 4.96. The smallest absolute Gasteiger partial charge is 0.167 e. The van der Waals surface area contributed by atoms with Crippen LogP contribution in [0.4, 0.5) is 0 Å². The van der Waals surface area contributed by atoms with E-state index in [1.807, 2.05) is 6.92 Å². The van der Waals surface area contributed by atoms with Crippen LogP contribution in [0.2, 0.25) is 0 Å². The van der Waals surface area contributed by atoms with Crippen molar-refractivity contribution >= 4 is 0 Å². The Morgan fingerprint density at radius 3 is 2.07 bits per heavy atom. The molecule has 4 unspecified atom stereocenters. The Morgan fingerprint density at radius 2 is 1.53 bits per heavy atom. The molecule has 2 aliphatic rings. The predicted molar refractivity (Wildman–Crippen MR) is 104 cm³/mol. The van der Waals surface area contributed by atoms with Gasteiger partial charge in [-0.2, -0.15) is 0 Å². The van der Waals surface area contributed by atoms with Crippen LogP contribution < -0.4 is 0 Å². The first kappa shape index (κ1) is 24.0. The molecule has 0 spiro atoms. The van der Waals surface area contributed by atoms with E-state index in [9.17, 15) is 5.11 Å². The van der Waals surface area contributed by atoms with Gasteiger partial charge in [-0.1, -0.05) is 36.1 Å². The number of rotatable bonds is 8. The third-order valence-electron chi connectivity index (χ3n) is 5.68. The number of nitrogens with zero attached hydrogens (tertiary/aromatic N) is 9. The number of aliphatic hydroxyl groups is 1. The average molecular weight is 425 g/mol. The van der Waals surface area contributed by atoms with Crippen molar-refractivity contribution in [2.45, 2.75) is 76.3 Å². The first-order valence-electron chi connectivity index (χ1n) is 9.69. The summed E-state index contributed by atoms with van der Waals surface area (Å²) in [6, 6.07) is -1.50. The predicted octanol–water partition coefficient (Wildman–Crippen LogP) is 3.18. The summed E-state index contributed by atoms with van der Waals surface area (Å²) >= 11 is 0. The highest BCUT2D eigenvalue weighted by atomic mass is 16.7. The minimum atomic E-state index is -0.973. The lowest BCUT2D eigenvalue weighted by Gasteiger charge is -2.47. The van der Waals surface area contributed by atoms with Crippen LogP contribution in [0, 0.1) is 11.8 Å². The molecule has 1 N–H and O–H groups in total. The van der Waals surface area contributed by atoms with E-state index >= 15 is 0 Å². The molecule has 0 bridgehead atoms. The van der Waals surface area contributed by atoms with E-state index in [2.05, 4.69) is 30.1 Å². The molecule has 2 fully saturated rings. The first-order valence-corrected chi connectivity index (χ1v) is 9.69. The monoisotopic (exact) mass is 425 g/mol. The Bertz CT molecular complexity index is 720. The summed E-state index contributed by atoms with van der Waals surface area (Å²) in [6.07, 6.45) is -4.07. The van der Waals surface area contributed by atoms with Crippen molar-refractivity contribution in [3.8, 4) is 0 Å². The maximum atomic E-state index is 10.4. The zero-order valence-corrected chi connectivity index (χ0v) is 17.3. The second-order valence-electron chi connectivity index (χ2n) is 7.34. The molecule has 14 nitrogen and oxygen atoms in total. The molecule has 30 heavy (non-hydrogen) atoms. The third-order valence-corrected chi connectivity index (χ3v) is 5.68. The summed E-state index contributed by atoms with van der Waals surface area (Å²) in [5, 5.41) is 21.6. The van der Waals surface area contributed by atoms with Crippen LogP contribution in [0.15, 0.2) is 15.3 Å². The number of aliphatic hydroxyl groups excluding tert-OH is 1. The van der Waals surface area contributed by atoms with E-state index in [0.29, 0.717) is 6.42 Å². The molecule has 2 rings (SSSR count). The molecule has 0 radical (unpaired) electrons. The van der Waals surface area contributed by atoms with Gasteiger partial charge in [0.1, 0.15) is 0 Å². The van der Waals surface area contributed by atoms with Crippen LogP contribution in [0.25, 0.3) is 31.3 Å². The van der Waals surface area contributed by atoms with E-state index < -0.39 is 60.9 Å². The minimum Gasteiger partial charge on any atom is -0.390 e. The Kier molecular flexibility index (Phi) is 8.97. The molecule has 2 saturated heterocycles. The summed E-state index contributed by atoms with van der Waals surface area (Å²) in [7, 11) is 1.42. The van der Waals surface area contributed by atoms with Gasteiger partial charge < -0.3 is 24.1 Å². The molecule has 0 aromatic rings. The van der Waals surface area contributed by atoms with Crippen molar-refractivity contribution in [1.82, 2.24) is 0 Å². The Balaban J connectivity index is 2.36. The van der Waals surface area contributed by atoms with Crippen molar-refractivity contribution in [3.05, 3.63) is 31.3 Å². The summed E-state index contributed by atoms with van der Waals surface area (Å²) in [4.78, 5) is 8.50. The van der Waals surface area contributed by atoms with Gasteiger partial charge in [0.25, 0.3) is 0 Å². The summed E-state index contributed by atoms with van der Waals surface area (Å²) in [5.74, 6) is -0.823. The average Bonchev–Trinajstić information content (AvgIpc) is 2.75. The third kappa shape index (κ3) is 5.07. The Labute approximate surface area is 173 Å². The van der Waals surface area contributed by atoms with Crippen molar-refractivity contribution in [2.24, 2.45) is 27.2 Å². The lowest BCUT2D eigenvalue weighted by Crippen LogP contribution is -2.59. The van der Waals surface area contributed by atoms with Gasteiger partial charge in [0, 0.05) is 21.8 Å². The largest absolute Gasteiger partial charge is 0.390 e. The topological polar surface area (TPSA) is 203 Å². The summed E-state index contributed by atoms with van der Waals surface area (Å²) < 4.78 is 23.2. The van der Waals surface area contributed by atoms with Crippen LogP contribution in [-0.2, 0) is 18.9 Å². The molecule has 2 aliphatic heterocycles. The van der Waals surface area contributed by atoms with Gasteiger partial charge in [-0.15, -0.1) is 0 Å². The van der Waals surface area contributed by atoms with Crippen LogP contribution >= 0.6 is 0 Å². The SMILES string of the molecule is CCC1O[C@H](O[C@@H]2C(CN=[N+]=[N-])O[C@H](OC)[C@@H](N=[N+]=[N-])C2C)[C@@H](N=[N+]=[N-])C(C)[C@@H]1O. The standard InChI is InChI=1S/C16H27N9O5/c1-5-9-13(26)7(2)11(21-24-18)16(28-9)30-14-8(3)12(22-25-19)15(27-4)29-10(14)6-20-23-17/h7-16,26H,5-6H2,1-4H3/t7?,8?,9?,10?,11-,12-,13-,14-,15-,16+/m0/s1. The minimum absolute atomic E-state index is 0.0529. The molecular formula is C16H27N9O5. The lowest BCUT2D eigenvalue weighted by atomic mass is 9.86. The van der Waals surface area contributed by atoms with Crippen LogP contribution in [-0.4, -0.2) is 67.8 Å². The van der Waals surface area contributed by atoms with Gasteiger partial charge in [-0.3, -0.25) is 0 Å². The quantitative estimate of drug-likeness (QED) is 0.352. The van der Waals surface area contributed by atoms with Gasteiger partial charge in [0.15, 0.2) is 12.6 Å². The normalized spacial score (nSPS) is 41.1. The number of methoxy groups -OCH3 is 1. The first-order chi connectivity index (χ1) is 14.4. The maximum absolute atomic E-state index is 10.4. The second-order valence-corrected chi connectivity index (χ2v) is 7.34. The fourth-order valence-corrected chi connectivity index (χ4v) is 3.95. The van der Waals surface area contributed by atoms with Gasteiger partial charge >= 0.3 is 0 Å². The van der Waals surface area contributed by atoms with Gasteiger partial charge in [0.05, 0.1) is 43.0 Å². The zero-order chi connectivity index (χ0) is 22.3. The molecule has 0 aromatic carbocycles. The van der Waals surface area contributed by atoms with Crippen molar-refractivity contribution in [3.63, 3.8) is 0 Å². The lowest BCUT2D eigenvalue weighted by molar-refractivity contribution is -0.307. The van der Waals surface area contributed by atoms with Crippen LogP contribution in [0.5, 0.6) is 0 Å². The van der Waals surface area contributed by atoms with E-state index in [1.54, 1.807) is 13.8 Å². The molecule has 10 atom stereocenters. The fourth-order valence-electron chi connectivity index (χ4n) is 3.95. The maximum Gasteiger partial charge on any atom is 0.167 e. The number of hydrogen-bond donors (Lipinski definition) is 1. The number of ether oxygens (including phenoxy) is 4. The fraction of sp³-hybridized carbons (Fsp3) is 1.00. The van der Waals surface area contributed by atoms with Crippen molar-refractivity contribution in [2.75, 3.05) is 13.7 Å². The van der Waals surface area contributed by atoms with Crippen molar-refractivity contribution in [1.29, 1.82) is 0 Å². The van der Waals surface area contributed by atoms with Crippen LogP contribution in [0.1, 0.15) is 27.2 Å². The Hall–Kier alpha value is -2.27. The van der Waals surface area contributed by atoms with Crippen molar-refractivity contribution < 1.29 is 24.1 Å². The molecule has 0 aromatic heterocycles. The number of hydrogen-bond acceptors (Lipinski definition) is 8. The molecule has 14 heteroatoms. The summed E-state index contributed by atoms with van der Waals surface area (Å²) in [5.41, 5.74) is 26.7. The van der Waals surface area contributed by atoms with Gasteiger partial charge in [0.2, 0.25) is 0 Å². The number of azide groups is 3. The van der Waals surface area contributed by atoms with Crippen LogP contribution in [0.3, 0.4) is 0 Å². The van der Waals surface area contributed by atoms with Gasteiger partial charge in [-0.25, -0.2) is 0 Å². The molecule has 2 heterocycles. The zero-order valence-electron chi connectivity index (χ0n) is 17.3. The Morgan fingerprint density at radius 1 is 0.933 bits per heavy atom. The highest BCUT2D eigenvalue weighted by Gasteiger charge is 2.49. The van der Waals surface area contributed by atoms with E-state index in [1.165, 1.54) is 7.11 Å². The molecule has 0 aliphatic carbocycles.